The van der Waals surface area contributed by atoms with Crippen molar-refractivity contribution in [3.05, 3.63) is 135 Å². The Morgan fingerprint density at radius 2 is 1.44 bits per heavy atom. The van der Waals surface area contributed by atoms with Crippen molar-refractivity contribution >= 4 is 49.1 Å². The number of sulfonamides is 1. The van der Waals surface area contributed by atoms with Crippen molar-refractivity contribution in [2.24, 2.45) is 0 Å². The van der Waals surface area contributed by atoms with Crippen molar-refractivity contribution in [3.63, 3.8) is 0 Å². The second kappa shape index (κ2) is 14.1. The molecule has 0 unspecified atom stereocenters. The van der Waals surface area contributed by atoms with Gasteiger partial charge in [0.05, 0.1) is 15.5 Å². The summed E-state index contributed by atoms with van der Waals surface area (Å²) in [5.41, 5.74) is 1.37. The van der Waals surface area contributed by atoms with Crippen LogP contribution in [0.5, 0.6) is 0 Å². The average Bonchev–Trinajstić information content (AvgIpc) is 3.02. The number of non-ortho nitro benzene ring substituents is 1. The third-order valence-corrected chi connectivity index (χ3v) is 9.06. The minimum Gasteiger partial charge on any atom is -0.357 e. The van der Waals surface area contributed by atoms with Gasteiger partial charge in [-0.1, -0.05) is 76.6 Å². The molecule has 0 radical (unpaired) electrons. The largest absolute Gasteiger partial charge is 0.357 e. The van der Waals surface area contributed by atoms with Crippen LogP contribution in [0.4, 0.5) is 11.4 Å². The Balaban J connectivity index is 1.78. The van der Waals surface area contributed by atoms with Crippen LogP contribution in [0.2, 0.25) is 0 Å². The van der Waals surface area contributed by atoms with Gasteiger partial charge < -0.3 is 10.2 Å². The van der Waals surface area contributed by atoms with Crippen LogP contribution in [-0.4, -0.2) is 49.7 Å². The van der Waals surface area contributed by atoms with Crippen LogP contribution in [0.1, 0.15) is 11.1 Å². The second-order valence-electron chi connectivity index (χ2n) is 9.57. The third kappa shape index (κ3) is 7.85. The van der Waals surface area contributed by atoms with E-state index >= 15 is 0 Å². The summed E-state index contributed by atoms with van der Waals surface area (Å²) < 4.78 is 29.5. The van der Waals surface area contributed by atoms with Crippen LogP contribution in [0.15, 0.2) is 119 Å². The van der Waals surface area contributed by atoms with E-state index in [2.05, 4.69) is 21.2 Å². The Labute approximate surface area is 258 Å². The number of nitro benzene ring substituents is 1. The van der Waals surface area contributed by atoms with Gasteiger partial charge in [0.2, 0.25) is 11.8 Å². The molecule has 4 aromatic rings. The van der Waals surface area contributed by atoms with E-state index in [4.69, 9.17) is 0 Å². The summed E-state index contributed by atoms with van der Waals surface area (Å²) in [4.78, 5) is 39.5. The zero-order chi connectivity index (χ0) is 31.0. The zero-order valence-electron chi connectivity index (χ0n) is 23.2. The van der Waals surface area contributed by atoms with Crippen LogP contribution < -0.4 is 9.62 Å². The van der Waals surface area contributed by atoms with Gasteiger partial charge in [-0.3, -0.25) is 24.0 Å². The molecular formula is C31H29BrN4O6S. The molecule has 12 heteroatoms. The molecule has 2 amide bonds. The number of hydrogen-bond donors (Lipinski definition) is 1. The minimum absolute atomic E-state index is 0.0243. The smallest absolute Gasteiger partial charge is 0.269 e. The fourth-order valence-electron chi connectivity index (χ4n) is 4.50. The van der Waals surface area contributed by atoms with E-state index < -0.39 is 39.3 Å². The van der Waals surface area contributed by atoms with Gasteiger partial charge in [-0.25, -0.2) is 8.42 Å². The van der Waals surface area contributed by atoms with E-state index in [0.717, 1.165) is 19.9 Å². The first-order chi connectivity index (χ1) is 20.6. The van der Waals surface area contributed by atoms with Crippen LogP contribution in [0.3, 0.4) is 0 Å². The predicted octanol–water partition coefficient (Wildman–Crippen LogP) is 4.94. The molecule has 0 saturated heterocycles. The fraction of sp³-hybridized carbons (Fsp3) is 0.161. The van der Waals surface area contributed by atoms with Gasteiger partial charge in [-0.15, -0.1) is 0 Å². The number of nitro groups is 1. The summed E-state index contributed by atoms with van der Waals surface area (Å²) >= 11 is 3.40. The monoisotopic (exact) mass is 664 g/mol. The summed E-state index contributed by atoms with van der Waals surface area (Å²) in [5.74, 6) is -1.05. The number of nitrogens with zero attached hydrogens (tertiary/aromatic N) is 3. The lowest BCUT2D eigenvalue weighted by Gasteiger charge is -2.33. The fourth-order valence-corrected chi connectivity index (χ4v) is 6.20. The quantitative estimate of drug-likeness (QED) is 0.169. The molecule has 0 spiro atoms. The first-order valence-corrected chi connectivity index (χ1v) is 15.4. The first kappa shape index (κ1) is 31.4. The number of nitrogens with one attached hydrogen (secondary N) is 1. The van der Waals surface area contributed by atoms with Crippen molar-refractivity contribution < 1.29 is 22.9 Å². The van der Waals surface area contributed by atoms with E-state index in [1.807, 2.05) is 54.6 Å². The summed E-state index contributed by atoms with van der Waals surface area (Å²) in [6.45, 7) is -0.635. The molecular weight excluding hydrogens is 636 g/mol. The van der Waals surface area contributed by atoms with E-state index in [0.29, 0.717) is 0 Å². The summed E-state index contributed by atoms with van der Waals surface area (Å²) in [6, 6.07) is 28.0. The lowest BCUT2D eigenvalue weighted by molar-refractivity contribution is -0.384. The Bertz CT molecular complexity index is 1670. The SMILES string of the molecule is CNC(=O)[C@H](Cc1ccccc1)N(Cc1ccc(Br)cc1)C(=O)CN(c1ccc([N+](=O)[O-])cc1)S(=O)(=O)c1ccccc1. The van der Waals surface area contributed by atoms with Crippen LogP contribution >= 0.6 is 15.9 Å². The molecule has 0 aliphatic carbocycles. The van der Waals surface area contributed by atoms with Gasteiger partial charge in [0.15, 0.2) is 0 Å². The maximum atomic E-state index is 14.2. The van der Waals surface area contributed by atoms with Gasteiger partial charge in [0.25, 0.3) is 15.7 Å². The van der Waals surface area contributed by atoms with Crippen molar-refractivity contribution in [3.8, 4) is 0 Å². The Hall–Kier alpha value is -4.55. The standard InChI is InChI=1S/C31H29BrN4O6S/c1-33-31(38)29(20-23-8-4-2-5-9-23)34(21-24-12-14-25(32)15-13-24)30(37)22-35(26-16-18-27(19-17-26)36(39)40)43(41,42)28-10-6-3-7-11-28/h2-19,29H,20-22H2,1H3,(H,33,38)/t29-/m0/s1. The number of carbonyl (C=O) groups excluding carboxylic acids is 2. The lowest BCUT2D eigenvalue weighted by atomic mass is 10.0. The summed E-state index contributed by atoms with van der Waals surface area (Å²) in [7, 11) is -2.82. The van der Waals surface area contributed by atoms with Gasteiger partial charge in [-0.2, -0.15) is 0 Å². The Morgan fingerprint density at radius 3 is 2.00 bits per heavy atom. The Kier molecular flexibility index (Phi) is 10.3. The number of likely N-dealkylation sites (N-methyl/N-ethyl adjacent to an activating group) is 1. The molecule has 222 valence electrons. The normalized spacial score (nSPS) is 11.8. The second-order valence-corrected chi connectivity index (χ2v) is 12.3. The molecule has 0 saturated carbocycles. The van der Waals surface area contributed by atoms with Crippen molar-refractivity contribution in [2.75, 3.05) is 17.9 Å². The minimum atomic E-state index is -4.30. The van der Waals surface area contributed by atoms with E-state index in [1.54, 1.807) is 18.2 Å². The molecule has 4 rings (SSSR count). The highest BCUT2D eigenvalue weighted by atomic mass is 79.9. The van der Waals surface area contributed by atoms with Gasteiger partial charge in [-0.05, 0) is 47.5 Å². The molecule has 0 bridgehead atoms. The maximum absolute atomic E-state index is 14.2. The summed E-state index contributed by atoms with van der Waals surface area (Å²) in [6.07, 6.45) is 0.186. The molecule has 0 fully saturated rings. The molecule has 0 aliphatic rings. The molecule has 0 heterocycles. The maximum Gasteiger partial charge on any atom is 0.269 e. The third-order valence-electron chi connectivity index (χ3n) is 6.74. The van der Waals surface area contributed by atoms with Gasteiger partial charge in [0.1, 0.15) is 12.6 Å². The van der Waals surface area contributed by atoms with Crippen molar-refractivity contribution in [1.29, 1.82) is 0 Å². The van der Waals surface area contributed by atoms with E-state index in [9.17, 15) is 28.1 Å². The molecule has 4 aromatic carbocycles. The number of amides is 2. The predicted molar refractivity (Wildman–Crippen MR) is 167 cm³/mol. The van der Waals surface area contributed by atoms with Crippen molar-refractivity contribution in [2.45, 2.75) is 23.9 Å². The number of benzene rings is 4. The number of hydrogen-bond acceptors (Lipinski definition) is 6. The number of halogens is 1. The Morgan fingerprint density at radius 1 is 0.860 bits per heavy atom. The zero-order valence-corrected chi connectivity index (χ0v) is 25.6. The molecule has 1 N–H and O–H groups in total. The van der Waals surface area contributed by atoms with Crippen LogP contribution in [0.25, 0.3) is 0 Å². The lowest BCUT2D eigenvalue weighted by Crippen LogP contribution is -2.53. The number of carbonyl (C=O) groups is 2. The molecule has 0 aromatic heterocycles. The average molecular weight is 666 g/mol. The highest BCUT2D eigenvalue weighted by Gasteiger charge is 2.34. The molecule has 1 atom stereocenters. The first-order valence-electron chi connectivity index (χ1n) is 13.2. The van der Waals surface area contributed by atoms with Crippen molar-refractivity contribution in [1.82, 2.24) is 10.2 Å². The topological polar surface area (TPSA) is 130 Å². The van der Waals surface area contributed by atoms with Crippen LogP contribution in [-0.2, 0) is 32.6 Å². The van der Waals surface area contributed by atoms with Gasteiger partial charge in [0, 0.05) is 36.6 Å². The highest BCUT2D eigenvalue weighted by Crippen LogP contribution is 2.27. The highest BCUT2D eigenvalue weighted by molar-refractivity contribution is 9.10. The summed E-state index contributed by atoms with van der Waals surface area (Å²) in [5, 5.41) is 13.9. The molecule has 0 aliphatic heterocycles. The number of rotatable bonds is 12. The van der Waals surface area contributed by atoms with E-state index in [-0.39, 0.29) is 29.2 Å². The molecule has 10 nitrogen and oxygen atoms in total. The van der Waals surface area contributed by atoms with Gasteiger partial charge >= 0.3 is 0 Å². The van der Waals surface area contributed by atoms with E-state index in [1.165, 1.54) is 48.3 Å². The van der Waals surface area contributed by atoms with Crippen LogP contribution in [0, 0.1) is 10.1 Å². The number of anilines is 1. The molecule has 43 heavy (non-hydrogen) atoms.